The lowest BCUT2D eigenvalue weighted by molar-refractivity contribution is 0.173. The monoisotopic (exact) mass is 403 g/mol. The maximum absolute atomic E-state index is 13.6. The summed E-state index contributed by atoms with van der Waals surface area (Å²) in [6.07, 6.45) is 0. The molecule has 5 nitrogen and oxygen atoms in total. The number of benzene rings is 2. The van der Waals surface area contributed by atoms with Gasteiger partial charge in [-0.1, -0.05) is 12.1 Å². The van der Waals surface area contributed by atoms with Gasteiger partial charge in [0.15, 0.2) is 5.11 Å². The van der Waals surface area contributed by atoms with Crippen LogP contribution in [0.4, 0.5) is 4.39 Å². The van der Waals surface area contributed by atoms with E-state index < -0.39 is 0 Å². The van der Waals surface area contributed by atoms with Crippen LogP contribution in [0.2, 0.25) is 0 Å². The van der Waals surface area contributed by atoms with Gasteiger partial charge in [-0.3, -0.25) is 4.90 Å². The molecule has 0 spiro atoms. The van der Waals surface area contributed by atoms with Crippen molar-refractivity contribution < 1.29 is 13.9 Å². The van der Waals surface area contributed by atoms with Gasteiger partial charge in [0.25, 0.3) is 0 Å². The van der Waals surface area contributed by atoms with Crippen molar-refractivity contribution in [3.63, 3.8) is 0 Å². The Morgan fingerprint density at radius 3 is 2.39 bits per heavy atom. The van der Waals surface area contributed by atoms with Gasteiger partial charge in [0.2, 0.25) is 0 Å². The van der Waals surface area contributed by atoms with Crippen molar-refractivity contribution in [1.29, 1.82) is 0 Å². The number of halogens is 1. The number of nitrogens with one attached hydrogen (secondary N) is 1. The Labute approximate surface area is 171 Å². The number of methoxy groups -OCH3 is 2. The quantitative estimate of drug-likeness (QED) is 0.748. The normalized spacial score (nSPS) is 14.6. The van der Waals surface area contributed by atoms with E-state index in [0.29, 0.717) is 13.1 Å². The average Bonchev–Trinajstić information content (AvgIpc) is 2.73. The highest BCUT2D eigenvalue weighted by molar-refractivity contribution is 7.80. The van der Waals surface area contributed by atoms with Crippen molar-refractivity contribution >= 4 is 17.3 Å². The highest BCUT2D eigenvalue weighted by Crippen LogP contribution is 2.21. The Hall–Kier alpha value is -2.38. The molecule has 0 unspecified atom stereocenters. The van der Waals surface area contributed by atoms with Crippen molar-refractivity contribution in [2.75, 3.05) is 40.4 Å². The van der Waals surface area contributed by atoms with E-state index in [1.807, 2.05) is 24.3 Å². The van der Waals surface area contributed by atoms with Crippen molar-refractivity contribution in [2.45, 2.75) is 13.1 Å². The summed E-state index contributed by atoms with van der Waals surface area (Å²) in [7, 11) is 3.27. The Morgan fingerprint density at radius 2 is 1.75 bits per heavy atom. The molecule has 1 aliphatic heterocycles. The Kier molecular flexibility index (Phi) is 7.06. The molecule has 0 amide bonds. The lowest BCUT2D eigenvalue weighted by atomic mass is 10.1. The second-order valence-corrected chi connectivity index (χ2v) is 7.11. The zero-order chi connectivity index (χ0) is 19.9. The standard InChI is InChI=1S/C21H26FN3O2S/c1-26-19-6-3-16(4-7-19)14-23-21(28)25-11-9-24(10-12-25)15-17-13-18(22)5-8-20(17)27-2/h3-8,13H,9-12,14-15H2,1-2H3,(H,23,28). The van der Waals surface area contributed by atoms with E-state index in [-0.39, 0.29) is 5.82 Å². The summed E-state index contributed by atoms with van der Waals surface area (Å²) in [5, 5.41) is 4.09. The van der Waals surface area contributed by atoms with Crippen LogP contribution in [-0.4, -0.2) is 55.3 Å². The first-order chi connectivity index (χ1) is 13.6. The maximum atomic E-state index is 13.6. The van der Waals surface area contributed by atoms with Gasteiger partial charge in [0, 0.05) is 44.8 Å². The number of rotatable bonds is 6. The predicted octanol–water partition coefficient (Wildman–Crippen LogP) is 3.04. The van der Waals surface area contributed by atoms with Gasteiger partial charge in [-0.25, -0.2) is 4.39 Å². The van der Waals surface area contributed by atoms with Crippen LogP contribution >= 0.6 is 12.2 Å². The van der Waals surface area contributed by atoms with Crippen molar-refractivity contribution in [2.24, 2.45) is 0 Å². The number of piperazine rings is 1. The topological polar surface area (TPSA) is 37.0 Å². The SMILES string of the molecule is COc1ccc(CNC(=S)N2CCN(Cc3cc(F)ccc3OC)CC2)cc1. The van der Waals surface area contributed by atoms with Crippen LogP contribution in [0.3, 0.4) is 0 Å². The Morgan fingerprint density at radius 1 is 1.04 bits per heavy atom. The molecule has 1 N–H and O–H groups in total. The highest BCUT2D eigenvalue weighted by Gasteiger charge is 2.20. The minimum atomic E-state index is -0.238. The van der Waals surface area contributed by atoms with Crippen LogP contribution in [0, 0.1) is 5.82 Å². The van der Waals surface area contributed by atoms with Crippen LogP contribution < -0.4 is 14.8 Å². The number of thiocarbonyl (C=S) groups is 1. The van der Waals surface area contributed by atoms with Gasteiger partial charge in [0.05, 0.1) is 14.2 Å². The van der Waals surface area contributed by atoms with E-state index in [9.17, 15) is 4.39 Å². The van der Waals surface area contributed by atoms with Crippen LogP contribution in [-0.2, 0) is 13.1 Å². The van der Waals surface area contributed by atoms with Crippen molar-refractivity contribution in [3.05, 3.63) is 59.4 Å². The molecule has 0 bridgehead atoms. The zero-order valence-electron chi connectivity index (χ0n) is 16.3. The lowest BCUT2D eigenvalue weighted by Crippen LogP contribution is -2.51. The van der Waals surface area contributed by atoms with Crippen molar-refractivity contribution in [3.8, 4) is 11.5 Å². The fraction of sp³-hybridized carbons (Fsp3) is 0.381. The summed E-state index contributed by atoms with van der Waals surface area (Å²) in [6, 6.07) is 12.6. The van der Waals surface area contributed by atoms with Gasteiger partial charge in [0.1, 0.15) is 17.3 Å². The number of hydrogen-bond acceptors (Lipinski definition) is 4. The average molecular weight is 404 g/mol. The van der Waals surface area contributed by atoms with Crippen LogP contribution in [0.25, 0.3) is 0 Å². The summed E-state index contributed by atoms with van der Waals surface area (Å²) in [4.78, 5) is 4.47. The molecule has 3 rings (SSSR count). The third-order valence-corrected chi connectivity index (χ3v) is 5.30. The summed E-state index contributed by atoms with van der Waals surface area (Å²) in [5.74, 6) is 1.33. The van der Waals surface area contributed by atoms with E-state index in [0.717, 1.165) is 53.9 Å². The minimum absolute atomic E-state index is 0.238. The first kappa shape index (κ1) is 20.4. The molecule has 2 aromatic rings. The van der Waals surface area contributed by atoms with Gasteiger partial charge >= 0.3 is 0 Å². The summed E-state index contributed by atoms with van der Waals surface area (Å²) in [6.45, 7) is 4.76. The zero-order valence-corrected chi connectivity index (χ0v) is 17.1. The van der Waals surface area contributed by atoms with Crippen LogP contribution in [0.1, 0.15) is 11.1 Å². The van der Waals surface area contributed by atoms with Gasteiger partial charge in [-0.05, 0) is 48.1 Å². The van der Waals surface area contributed by atoms with E-state index >= 15 is 0 Å². The van der Waals surface area contributed by atoms with Crippen LogP contribution in [0.5, 0.6) is 11.5 Å². The Balaban J connectivity index is 1.46. The molecule has 1 heterocycles. The molecule has 0 saturated carbocycles. The second-order valence-electron chi connectivity index (χ2n) is 6.73. The second kappa shape index (κ2) is 9.71. The summed E-state index contributed by atoms with van der Waals surface area (Å²) in [5.41, 5.74) is 2.02. The number of hydrogen-bond donors (Lipinski definition) is 1. The molecule has 0 radical (unpaired) electrons. The predicted molar refractivity (Wildman–Crippen MR) is 112 cm³/mol. The minimum Gasteiger partial charge on any atom is -0.497 e. The first-order valence-corrected chi connectivity index (χ1v) is 9.70. The highest BCUT2D eigenvalue weighted by atomic mass is 32.1. The van der Waals surface area contributed by atoms with Gasteiger partial charge in [-0.2, -0.15) is 0 Å². The summed E-state index contributed by atoms with van der Waals surface area (Å²) >= 11 is 5.55. The largest absolute Gasteiger partial charge is 0.497 e. The molecule has 0 aliphatic carbocycles. The molecule has 7 heteroatoms. The van der Waals surface area contributed by atoms with Gasteiger partial charge < -0.3 is 19.7 Å². The number of ether oxygens (including phenoxy) is 2. The summed E-state index contributed by atoms with van der Waals surface area (Å²) < 4.78 is 24.1. The fourth-order valence-corrected chi connectivity index (χ4v) is 3.51. The van der Waals surface area contributed by atoms with Crippen LogP contribution in [0.15, 0.2) is 42.5 Å². The third-order valence-electron chi connectivity index (χ3n) is 4.90. The molecule has 1 aliphatic rings. The molecule has 0 atom stereocenters. The third kappa shape index (κ3) is 5.33. The maximum Gasteiger partial charge on any atom is 0.169 e. The molecule has 150 valence electrons. The molecule has 1 fully saturated rings. The van der Waals surface area contributed by atoms with E-state index in [4.69, 9.17) is 21.7 Å². The van der Waals surface area contributed by atoms with E-state index in [2.05, 4.69) is 15.1 Å². The lowest BCUT2D eigenvalue weighted by Gasteiger charge is -2.36. The van der Waals surface area contributed by atoms with Crippen molar-refractivity contribution in [1.82, 2.24) is 15.1 Å². The van der Waals surface area contributed by atoms with E-state index in [1.54, 1.807) is 26.4 Å². The molecular weight excluding hydrogens is 377 g/mol. The molecule has 28 heavy (non-hydrogen) atoms. The first-order valence-electron chi connectivity index (χ1n) is 9.29. The smallest absolute Gasteiger partial charge is 0.169 e. The Bertz CT molecular complexity index is 793. The molecular formula is C21H26FN3O2S. The molecule has 0 aromatic heterocycles. The molecule has 2 aromatic carbocycles. The molecule has 1 saturated heterocycles. The van der Waals surface area contributed by atoms with Gasteiger partial charge in [-0.15, -0.1) is 0 Å². The van der Waals surface area contributed by atoms with E-state index in [1.165, 1.54) is 6.07 Å². The number of nitrogens with zero attached hydrogens (tertiary/aromatic N) is 2. The fourth-order valence-electron chi connectivity index (χ4n) is 3.25.